The van der Waals surface area contributed by atoms with E-state index in [2.05, 4.69) is 0 Å². The van der Waals surface area contributed by atoms with Crippen molar-refractivity contribution in [2.45, 2.75) is 19.4 Å². The van der Waals surface area contributed by atoms with Crippen LogP contribution < -0.4 is 0 Å². The topological polar surface area (TPSA) is 57.5 Å². The van der Waals surface area contributed by atoms with E-state index in [-0.39, 0.29) is 6.42 Å². The SMILES string of the molecule is CC(O)CC(=O)O.c1ccccc1. The maximum Gasteiger partial charge on any atom is 0.305 e. The number of benzene rings is 1. The lowest BCUT2D eigenvalue weighted by molar-refractivity contribution is -0.138. The van der Waals surface area contributed by atoms with Crippen molar-refractivity contribution in [1.29, 1.82) is 0 Å². The first kappa shape index (κ1) is 11.6. The average Bonchev–Trinajstić information content (AvgIpc) is 2.06. The van der Waals surface area contributed by atoms with Crippen molar-refractivity contribution in [3.8, 4) is 0 Å². The third-order valence-corrected chi connectivity index (χ3v) is 1.14. The van der Waals surface area contributed by atoms with E-state index in [9.17, 15) is 4.79 Å². The highest BCUT2D eigenvalue weighted by Crippen LogP contribution is 1.85. The van der Waals surface area contributed by atoms with Crippen molar-refractivity contribution in [1.82, 2.24) is 0 Å². The minimum Gasteiger partial charge on any atom is -0.481 e. The lowest BCUT2D eigenvalue weighted by Gasteiger charge is -1.94. The molecule has 0 aliphatic heterocycles. The molecule has 0 aliphatic rings. The van der Waals surface area contributed by atoms with Gasteiger partial charge in [-0.3, -0.25) is 4.79 Å². The Morgan fingerprint density at radius 1 is 1.15 bits per heavy atom. The first-order valence-corrected chi connectivity index (χ1v) is 4.03. The summed E-state index contributed by atoms with van der Waals surface area (Å²) in [4.78, 5) is 9.65. The van der Waals surface area contributed by atoms with Gasteiger partial charge < -0.3 is 10.2 Å². The van der Waals surface area contributed by atoms with Crippen LogP contribution in [0, 0.1) is 0 Å². The monoisotopic (exact) mass is 182 g/mol. The smallest absolute Gasteiger partial charge is 0.305 e. The summed E-state index contributed by atoms with van der Waals surface area (Å²) in [5, 5.41) is 16.3. The van der Waals surface area contributed by atoms with E-state index in [4.69, 9.17) is 10.2 Å². The molecule has 0 spiro atoms. The van der Waals surface area contributed by atoms with Gasteiger partial charge in [0.05, 0.1) is 12.5 Å². The van der Waals surface area contributed by atoms with Crippen LogP contribution in [0.3, 0.4) is 0 Å². The van der Waals surface area contributed by atoms with Gasteiger partial charge in [-0.15, -0.1) is 0 Å². The fraction of sp³-hybridized carbons (Fsp3) is 0.300. The van der Waals surface area contributed by atoms with E-state index in [1.54, 1.807) is 0 Å². The van der Waals surface area contributed by atoms with E-state index < -0.39 is 12.1 Å². The molecular formula is C10H14O3. The second-order valence-corrected chi connectivity index (χ2v) is 2.60. The second kappa shape index (κ2) is 7.31. The van der Waals surface area contributed by atoms with E-state index in [0.29, 0.717) is 0 Å². The molecule has 0 bridgehead atoms. The van der Waals surface area contributed by atoms with Crippen LogP contribution in [-0.2, 0) is 4.79 Å². The molecule has 0 radical (unpaired) electrons. The van der Waals surface area contributed by atoms with Crippen molar-refractivity contribution in [3.05, 3.63) is 36.4 Å². The number of aliphatic hydroxyl groups excluding tert-OH is 1. The normalized spacial score (nSPS) is 10.9. The Morgan fingerprint density at radius 2 is 1.46 bits per heavy atom. The first-order valence-electron chi connectivity index (χ1n) is 4.03. The Hall–Kier alpha value is -1.35. The summed E-state index contributed by atoms with van der Waals surface area (Å²) < 4.78 is 0. The van der Waals surface area contributed by atoms with Gasteiger partial charge in [0.15, 0.2) is 0 Å². The molecule has 1 aromatic carbocycles. The molecule has 0 aliphatic carbocycles. The molecule has 2 N–H and O–H groups in total. The molecule has 13 heavy (non-hydrogen) atoms. The van der Waals surface area contributed by atoms with Gasteiger partial charge in [-0.2, -0.15) is 0 Å². The lowest BCUT2D eigenvalue weighted by Crippen LogP contribution is -2.07. The predicted octanol–water partition coefficient (Wildman–Crippen LogP) is 1.53. The Morgan fingerprint density at radius 3 is 1.54 bits per heavy atom. The van der Waals surface area contributed by atoms with Crippen LogP contribution in [0.15, 0.2) is 36.4 Å². The van der Waals surface area contributed by atoms with Crippen LogP contribution in [0.4, 0.5) is 0 Å². The minimum absolute atomic E-state index is 0.167. The zero-order valence-corrected chi connectivity index (χ0v) is 7.55. The third-order valence-electron chi connectivity index (χ3n) is 1.14. The van der Waals surface area contributed by atoms with Gasteiger partial charge in [-0.25, -0.2) is 0 Å². The summed E-state index contributed by atoms with van der Waals surface area (Å²) in [5.74, 6) is -0.963. The summed E-state index contributed by atoms with van der Waals surface area (Å²) >= 11 is 0. The van der Waals surface area contributed by atoms with E-state index in [1.807, 2.05) is 36.4 Å². The molecule has 72 valence electrons. The van der Waals surface area contributed by atoms with Gasteiger partial charge in [0.1, 0.15) is 0 Å². The van der Waals surface area contributed by atoms with Crippen LogP contribution in [0.1, 0.15) is 13.3 Å². The number of rotatable bonds is 2. The van der Waals surface area contributed by atoms with E-state index in [0.717, 1.165) is 0 Å². The highest BCUT2D eigenvalue weighted by molar-refractivity contribution is 5.67. The van der Waals surface area contributed by atoms with Crippen molar-refractivity contribution in [2.75, 3.05) is 0 Å². The fourth-order valence-electron chi connectivity index (χ4n) is 0.638. The molecule has 1 rings (SSSR count). The van der Waals surface area contributed by atoms with Gasteiger partial charge in [0.2, 0.25) is 0 Å². The summed E-state index contributed by atoms with van der Waals surface area (Å²) in [7, 11) is 0. The summed E-state index contributed by atoms with van der Waals surface area (Å²) in [5.41, 5.74) is 0. The highest BCUT2D eigenvalue weighted by Gasteiger charge is 2.00. The first-order chi connectivity index (χ1) is 6.13. The number of carbonyl (C=O) groups is 1. The van der Waals surface area contributed by atoms with Crippen LogP contribution >= 0.6 is 0 Å². The molecular weight excluding hydrogens is 168 g/mol. The number of carboxylic acids is 1. The van der Waals surface area contributed by atoms with E-state index >= 15 is 0 Å². The van der Waals surface area contributed by atoms with Crippen LogP contribution in [0.25, 0.3) is 0 Å². The molecule has 0 aromatic heterocycles. The number of aliphatic hydroxyl groups is 1. The quantitative estimate of drug-likeness (QED) is 0.729. The van der Waals surface area contributed by atoms with Crippen molar-refractivity contribution >= 4 is 5.97 Å². The molecule has 1 atom stereocenters. The second-order valence-electron chi connectivity index (χ2n) is 2.60. The zero-order valence-electron chi connectivity index (χ0n) is 7.55. The van der Waals surface area contributed by atoms with Crippen molar-refractivity contribution in [3.63, 3.8) is 0 Å². The molecule has 0 heterocycles. The molecule has 3 heteroatoms. The number of hydrogen-bond donors (Lipinski definition) is 2. The maximum atomic E-state index is 9.65. The Bertz CT molecular complexity index is 192. The zero-order chi connectivity index (χ0) is 10.1. The molecule has 0 fully saturated rings. The van der Waals surface area contributed by atoms with Crippen LogP contribution in [0.2, 0.25) is 0 Å². The number of hydrogen-bond acceptors (Lipinski definition) is 2. The van der Waals surface area contributed by atoms with Crippen molar-refractivity contribution in [2.24, 2.45) is 0 Å². The summed E-state index contributed by atoms with van der Waals surface area (Å²) in [6.45, 7) is 1.44. The van der Waals surface area contributed by atoms with E-state index in [1.165, 1.54) is 6.92 Å². The lowest BCUT2D eigenvalue weighted by atomic mass is 10.3. The van der Waals surface area contributed by atoms with Crippen molar-refractivity contribution < 1.29 is 15.0 Å². The Labute approximate surface area is 77.6 Å². The van der Waals surface area contributed by atoms with Gasteiger partial charge in [0.25, 0.3) is 0 Å². The Balaban J connectivity index is 0.000000223. The predicted molar refractivity (Wildman–Crippen MR) is 50.4 cm³/mol. The number of carboxylic acid groups (broad SMARTS) is 1. The number of aliphatic carboxylic acids is 1. The van der Waals surface area contributed by atoms with Crippen LogP contribution in [0.5, 0.6) is 0 Å². The molecule has 0 amide bonds. The minimum atomic E-state index is -0.963. The average molecular weight is 182 g/mol. The largest absolute Gasteiger partial charge is 0.481 e. The summed E-state index contributed by atoms with van der Waals surface area (Å²) in [6, 6.07) is 12.0. The third kappa shape index (κ3) is 10.7. The Kier molecular flexibility index (Phi) is 6.55. The van der Waals surface area contributed by atoms with Gasteiger partial charge in [-0.05, 0) is 6.92 Å². The molecule has 0 saturated heterocycles. The van der Waals surface area contributed by atoms with Gasteiger partial charge in [0, 0.05) is 0 Å². The molecule has 1 unspecified atom stereocenters. The molecule has 1 aromatic rings. The summed E-state index contributed by atoms with van der Waals surface area (Å²) in [6.07, 6.45) is -0.891. The van der Waals surface area contributed by atoms with Gasteiger partial charge >= 0.3 is 5.97 Å². The standard InChI is InChI=1S/C6H6.C4H8O3/c1-2-4-6-5-3-1;1-3(5)2-4(6)7/h1-6H;3,5H,2H2,1H3,(H,6,7). The fourth-order valence-corrected chi connectivity index (χ4v) is 0.638. The highest BCUT2D eigenvalue weighted by atomic mass is 16.4. The molecule has 3 nitrogen and oxygen atoms in total. The van der Waals surface area contributed by atoms with Crippen LogP contribution in [-0.4, -0.2) is 22.3 Å². The molecule has 0 saturated carbocycles. The maximum absolute atomic E-state index is 9.65. The van der Waals surface area contributed by atoms with Gasteiger partial charge in [-0.1, -0.05) is 36.4 Å².